The van der Waals surface area contributed by atoms with E-state index in [1.165, 1.54) is 19.2 Å². The summed E-state index contributed by atoms with van der Waals surface area (Å²) >= 11 is 0. The molecule has 1 aromatic carbocycles. The lowest BCUT2D eigenvalue weighted by Gasteiger charge is -2.23. The van der Waals surface area contributed by atoms with Gasteiger partial charge < -0.3 is 0 Å². The highest BCUT2D eigenvalue weighted by atomic mass is 32.2. The molecule has 0 unspecified atom stereocenters. The van der Waals surface area contributed by atoms with Crippen LogP contribution in [0.1, 0.15) is 13.3 Å². The average Bonchev–Trinajstić information content (AvgIpc) is 2.53. The van der Waals surface area contributed by atoms with Gasteiger partial charge in [-0.05, 0) is 12.1 Å². The number of nitrogens with one attached hydrogen (secondary N) is 5. The molecule has 0 aliphatic rings. The molecule has 1 aromatic rings. The number of carbonyl (C=O) groups excluding carboxylic acids is 2. The number of carbonyl (C=O) groups is 2. The number of hydrogen-bond donors (Lipinski definition) is 5. The van der Waals surface area contributed by atoms with Crippen LogP contribution in [0, 0.1) is 0 Å². The summed E-state index contributed by atoms with van der Waals surface area (Å²) in [7, 11) is -6.81. The second-order valence-corrected chi connectivity index (χ2v) is 7.91. The van der Waals surface area contributed by atoms with Gasteiger partial charge in [-0.15, -0.1) is 0 Å². The van der Waals surface area contributed by atoms with Crippen LogP contribution in [0.3, 0.4) is 0 Å². The summed E-state index contributed by atoms with van der Waals surface area (Å²) < 4.78 is 52.8. The number of benzene rings is 1. The molecule has 0 spiro atoms. The Labute approximate surface area is 151 Å². The Morgan fingerprint density at radius 2 is 1.65 bits per heavy atom. The quantitative estimate of drug-likeness (QED) is 0.301. The van der Waals surface area contributed by atoms with Gasteiger partial charge in [-0.25, -0.2) is 14.9 Å². The van der Waals surface area contributed by atoms with Gasteiger partial charge in [-0.1, -0.05) is 23.0 Å². The minimum Gasteiger partial charge on any atom is -0.274 e. The lowest BCUT2D eigenvalue weighted by molar-refractivity contribution is -0.142. The normalized spacial score (nSPS) is 11.6. The molecule has 0 radical (unpaired) electrons. The van der Waals surface area contributed by atoms with E-state index in [-0.39, 0.29) is 12.2 Å². The maximum atomic E-state index is 12.1. The van der Waals surface area contributed by atoms with Crippen LogP contribution < -0.4 is 24.4 Å². The van der Waals surface area contributed by atoms with E-state index in [4.69, 9.17) is 0 Å². The number of amides is 2. The molecule has 0 aliphatic heterocycles. The third-order valence-corrected chi connectivity index (χ3v) is 4.70. The standard InChI is InChI=1S/C12H20N6O6S2/c1-10(19)15-18(12(20)8-9-14-25(21,22)13-2)17-26(23,24)16-11-6-4-3-5-7-11/h3-7,13-14,16-17H,8-9H2,1-2H3,(H,15,19). The van der Waals surface area contributed by atoms with E-state index in [1.54, 1.807) is 18.2 Å². The van der Waals surface area contributed by atoms with Crippen molar-refractivity contribution in [3.05, 3.63) is 30.3 Å². The van der Waals surface area contributed by atoms with Crippen LogP contribution in [0.4, 0.5) is 5.69 Å². The van der Waals surface area contributed by atoms with Gasteiger partial charge in [0.1, 0.15) is 0 Å². The predicted octanol–water partition coefficient (Wildman–Crippen LogP) is -1.83. The third-order valence-electron chi connectivity index (χ3n) is 2.66. The van der Waals surface area contributed by atoms with Crippen LogP contribution >= 0.6 is 0 Å². The molecule has 0 heterocycles. The molecule has 14 heteroatoms. The molecule has 0 saturated carbocycles. The average molecular weight is 408 g/mol. The van der Waals surface area contributed by atoms with Crippen LogP contribution in [0.15, 0.2) is 30.3 Å². The SMILES string of the molecule is CNS(=O)(=O)NCCC(=O)N(NC(C)=O)NS(=O)(=O)Nc1ccccc1. The molecule has 2 amide bonds. The first kappa shape index (κ1) is 21.8. The number of nitrogens with zero attached hydrogens (tertiary/aromatic N) is 1. The Morgan fingerprint density at radius 3 is 2.19 bits per heavy atom. The number of para-hydroxylation sites is 1. The first-order valence-corrected chi connectivity index (χ1v) is 10.1. The van der Waals surface area contributed by atoms with Crippen molar-refractivity contribution in [2.24, 2.45) is 0 Å². The van der Waals surface area contributed by atoms with E-state index in [0.29, 0.717) is 5.12 Å². The van der Waals surface area contributed by atoms with Gasteiger partial charge in [-0.3, -0.25) is 14.3 Å². The second-order valence-electron chi connectivity index (χ2n) is 4.81. The Kier molecular flexibility index (Phi) is 7.91. The summed E-state index contributed by atoms with van der Waals surface area (Å²) in [6.07, 6.45) is -0.422. The van der Waals surface area contributed by atoms with Crippen LogP contribution in [0.5, 0.6) is 0 Å². The zero-order chi connectivity index (χ0) is 19.8. The van der Waals surface area contributed by atoms with E-state index in [0.717, 1.165) is 6.92 Å². The van der Waals surface area contributed by atoms with Crippen molar-refractivity contribution in [3.8, 4) is 0 Å². The van der Waals surface area contributed by atoms with E-state index in [1.807, 2.05) is 15.0 Å². The number of hydrogen-bond acceptors (Lipinski definition) is 6. The van der Waals surface area contributed by atoms with Crippen LogP contribution in [-0.4, -0.2) is 47.4 Å². The number of rotatable bonds is 9. The second kappa shape index (κ2) is 9.44. The van der Waals surface area contributed by atoms with E-state index >= 15 is 0 Å². The molecule has 0 saturated heterocycles. The van der Waals surface area contributed by atoms with Gasteiger partial charge in [0.05, 0.1) is 0 Å². The molecule has 146 valence electrons. The van der Waals surface area contributed by atoms with Crippen molar-refractivity contribution in [3.63, 3.8) is 0 Å². The van der Waals surface area contributed by atoms with Gasteiger partial charge in [0, 0.05) is 32.6 Å². The maximum Gasteiger partial charge on any atom is 0.317 e. The van der Waals surface area contributed by atoms with Crippen molar-refractivity contribution in [2.75, 3.05) is 18.3 Å². The first-order chi connectivity index (χ1) is 12.0. The van der Waals surface area contributed by atoms with Crippen molar-refractivity contribution in [1.29, 1.82) is 0 Å². The fourth-order valence-electron chi connectivity index (χ4n) is 1.57. The molecule has 0 aliphatic carbocycles. The summed E-state index contributed by atoms with van der Waals surface area (Å²) in [4.78, 5) is 25.1. The molecule has 26 heavy (non-hydrogen) atoms. The van der Waals surface area contributed by atoms with Gasteiger partial charge in [-0.2, -0.15) is 22.0 Å². The third kappa shape index (κ3) is 8.21. The van der Waals surface area contributed by atoms with Crippen LogP contribution in [0.2, 0.25) is 0 Å². The molecule has 0 bridgehead atoms. The first-order valence-electron chi connectivity index (χ1n) is 7.18. The lowest BCUT2D eigenvalue weighted by Crippen LogP contribution is -2.57. The Morgan fingerprint density at radius 1 is 1.04 bits per heavy atom. The van der Waals surface area contributed by atoms with Gasteiger partial charge in [0.2, 0.25) is 5.91 Å². The fraction of sp³-hybridized carbons (Fsp3) is 0.333. The van der Waals surface area contributed by atoms with E-state index < -0.39 is 38.7 Å². The van der Waals surface area contributed by atoms with E-state index in [2.05, 4.69) is 9.44 Å². The molecular weight excluding hydrogens is 388 g/mol. The summed E-state index contributed by atoms with van der Waals surface area (Å²) in [5.74, 6) is -1.60. The number of hydrazine groups is 2. The molecule has 12 nitrogen and oxygen atoms in total. The predicted molar refractivity (Wildman–Crippen MR) is 93.4 cm³/mol. The van der Waals surface area contributed by atoms with Crippen LogP contribution in [-0.2, 0) is 30.0 Å². The smallest absolute Gasteiger partial charge is 0.274 e. The molecular formula is C12H20N6O6S2. The fourth-order valence-corrected chi connectivity index (χ4v) is 2.97. The molecule has 0 aromatic heterocycles. The Bertz CT molecular complexity index is 827. The highest BCUT2D eigenvalue weighted by Crippen LogP contribution is 2.06. The molecule has 1 rings (SSSR count). The van der Waals surface area contributed by atoms with Crippen molar-refractivity contribution >= 4 is 37.9 Å². The maximum absolute atomic E-state index is 12.1. The summed E-state index contributed by atoms with van der Waals surface area (Å²) in [5, 5.41) is 0.362. The summed E-state index contributed by atoms with van der Waals surface area (Å²) in [5.41, 5.74) is 2.24. The Balaban J connectivity index is 2.76. The van der Waals surface area contributed by atoms with Crippen molar-refractivity contribution in [2.45, 2.75) is 13.3 Å². The van der Waals surface area contributed by atoms with Crippen molar-refractivity contribution < 1.29 is 26.4 Å². The minimum absolute atomic E-state index is 0.233. The molecule has 0 atom stereocenters. The zero-order valence-electron chi connectivity index (χ0n) is 14.0. The van der Waals surface area contributed by atoms with E-state index in [9.17, 15) is 26.4 Å². The highest BCUT2D eigenvalue weighted by Gasteiger charge is 2.22. The molecule has 5 N–H and O–H groups in total. The van der Waals surface area contributed by atoms with Gasteiger partial charge in [0.15, 0.2) is 0 Å². The highest BCUT2D eigenvalue weighted by molar-refractivity contribution is 7.90. The molecule has 0 fully saturated rings. The monoisotopic (exact) mass is 408 g/mol. The summed E-state index contributed by atoms with van der Waals surface area (Å²) in [6, 6.07) is 7.85. The van der Waals surface area contributed by atoms with Gasteiger partial charge in [0.25, 0.3) is 16.1 Å². The van der Waals surface area contributed by atoms with Gasteiger partial charge >= 0.3 is 10.2 Å². The number of anilines is 1. The largest absolute Gasteiger partial charge is 0.317 e. The topological polar surface area (TPSA) is 166 Å². The van der Waals surface area contributed by atoms with Crippen LogP contribution in [0.25, 0.3) is 0 Å². The Hall–Kier alpha value is -2.26. The lowest BCUT2D eigenvalue weighted by atomic mass is 10.3. The minimum atomic E-state index is -4.24. The summed E-state index contributed by atoms with van der Waals surface area (Å²) in [6.45, 7) is 0.759. The van der Waals surface area contributed by atoms with Crippen molar-refractivity contribution in [1.82, 2.24) is 24.8 Å². The zero-order valence-corrected chi connectivity index (χ0v) is 15.6.